The molecule has 1 aliphatic rings. The number of aromatic nitrogens is 2. The first-order valence-corrected chi connectivity index (χ1v) is 7.20. The minimum absolute atomic E-state index is 0.0753. The van der Waals surface area contributed by atoms with Crippen LogP contribution < -0.4 is 5.73 Å². The third-order valence-corrected chi connectivity index (χ3v) is 4.17. The zero-order valence-electron chi connectivity index (χ0n) is 10.8. The maximum Gasteiger partial charge on any atom is 0.117 e. The molecule has 4 heteroatoms. The van der Waals surface area contributed by atoms with E-state index in [2.05, 4.69) is 52.5 Å². The standard InChI is InChI=1S/C14H18BrN3/c1-14(2,8-16)13-17-11-7-9(15)3-6-12(11)18(13)10-4-5-10/h3,6-7,10H,4-5,8,16H2,1-2H3. The van der Waals surface area contributed by atoms with Crippen molar-refractivity contribution in [1.29, 1.82) is 0 Å². The summed E-state index contributed by atoms with van der Waals surface area (Å²) in [5.74, 6) is 1.13. The Morgan fingerprint density at radius 2 is 2.17 bits per heavy atom. The number of rotatable bonds is 3. The van der Waals surface area contributed by atoms with Crippen molar-refractivity contribution in [2.75, 3.05) is 6.54 Å². The Kier molecular flexibility index (Phi) is 2.75. The monoisotopic (exact) mass is 307 g/mol. The first-order valence-electron chi connectivity index (χ1n) is 6.41. The van der Waals surface area contributed by atoms with Crippen LogP contribution in [0.15, 0.2) is 22.7 Å². The fourth-order valence-corrected chi connectivity index (χ4v) is 2.69. The Morgan fingerprint density at radius 1 is 1.44 bits per heavy atom. The van der Waals surface area contributed by atoms with Crippen molar-refractivity contribution in [2.45, 2.75) is 38.1 Å². The summed E-state index contributed by atoms with van der Waals surface area (Å²) in [5.41, 5.74) is 8.14. The van der Waals surface area contributed by atoms with Crippen LogP contribution in [0.4, 0.5) is 0 Å². The molecule has 18 heavy (non-hydrogen) atoms. The van der Waals surface area contributed by atoms with E-state index in [0.717, 1.165) is 15.8 Å². The van der Waals surface area contributed by atoms with Crippen LogP contribution in [0.25, 0.3) is 11.0 Å². The molecule has 0 spiro atoms. The summed E-state index contributed by atoms with van der Waals surface area (Å²) in [7, 11) is 0. The third-order valence-electron chi connectivity index (χ3n) is 3.68. The summed E-state index contributed by atoms with van der Waals surface area (Å²) in [6.07, 6.45) is 2.52. The van der Waals surface area contributed by atoms with Crippen LogP contribution in [0, 0.1) is 0 Å². The molecule has 1 heterocycles. The van der Waals surface area contributed by atoms with Crippen molar-refractivity contribution < 1.29 is 0 Å². The van der Waals surface area contributed by atoms with Crippen LogP contribution in [0.1, 0.15) is 38.6 Å². The number of nitrogens with two attached hydrogens (primary N) is 1. The highest BCUT2D eigenvalue weighted by atomic mass is 79.9. The molecule has 0 saturated heterocycles. The van der Waals surface area contributed by atoms with Gasteiger partial charge in [0.1, 0.15) is 5.82 Å². The van der Waals surface area contributed by atoms with Gasteiger partial charge in [0, 0.05) is 22.5 Å². The van der Waals surface area contributed by atoms with Crippen molar-refractivity contribution in [3.63, 3.8) is 0 Å². The van der Waals surface area contributed by atoms with Crippen molar-refractivity contribution in [3.05, 3.63) is 28.5 Å². The van der Waals surface area contributed by atoms with E-state index in [0.29, 0.717) is 12.6 Å². The number of hydrogen-bond donors (Lipinski definition) is 1. The first kappa shape index (κ1) is 12.2. The molecule has 1 aliphatic carbocycles. The van der Waals surface area contributed by atoms with Gasteiger partial charge in [0.2, 0.25) is 0 Å². The quantitative estimate of drug-likeness (QED) is 0.945. The van der Waals surface area contributed by atoms with E-state index >= 15 is 0 Å². The Balaban J connectivity index is 2.27. The van der Waals surface area contributed by atoms with Gasteiger partial charge in [-0.15, -0.1) is 0 Å². The Bertz CT molecular complexity index is 596. The van der Waals surface area contributed by atoms with E-state index in [1.807, 2.05) is 0 Å². The lowest BCUT2D eigenvalue weighted by molar-refractivity contribution is 0.473. The zero-order valence-corrected chi connectivity index (χ0v) is 12.4. The van der Waals surface area contributed by atoms with Crippen LogP contribution in [-0.4, -0.2) is 16.1 Å². The lowest BCUT2D eigenvalue weighted by Gasteiger charge is -2.23. The predicted octanol–water partition coefficient (Wildman–Crippen LogP) is 3.37. The molecule has 0 aliphatic heterocycles. The van der Waals surface area contributed by atoms with E-state index < -0.39 is 0 Å². The molecule has 2 aromatic rings. The van der Waals surface area contributed by atoms with E-state index in [1.165, 1.54) is 18.4 Å². The van der Waals surface area contributed by atoms with Crippen molar-refractivity contribution in [2.24, 2.45) is 5.73 Å². The maximum atomic E-state index is 5.92. The van der Waals surface area contributed by atoms with Gasteiger partial charge in [-0.1, -0.05) is 29.8 Å². The van der Waals surface area contributed by atoms with Gasteiger partial charge in [-0.2, -0.15) is 0 Å². The van der Waals surface area contributed by atoms with Crippen molar-refractivity contribution in [1.82, 2.24) is 9.55 Å². The highest BCUT2D eigenvalue weighted by molar-refractivity contribution is 9.10. The second-order valence-electron chi connectivity index (χ2n) is 5.76. The molecule has 2 N–H and O–H groups in total. The average Bonchev–Trinajstić information content (AvgIpc) is 3.09. The van der Waals surface area contributed by atoms with E-state index in [9.17, 15) is 0 Å². The number of hydrogen-bond acceptors (Lipinski definition) is 2. The van der Waals surface area contributed by atoms with Crippen LogP contribution in [-0.2, 0) is 5.41 Å². The number of benzene rings is 1. The lowest BCUT2D eigenvalue weighted by atomic mass is 9.92. The van der Waals surface area contributed by atoms with E-state index in [-0.39, 0.29) is 5.41 Å². The molecule has 1 fully saturated rings. The van der Waals surface area contributed by atoms with Gasteiger partial charge in [0.15, 0.2) is 0 Å². The minimum Gasteiger partial charge on any atom is -0.329 e. The van der Waals surface area contributed by atoms with Crippen LogP contribution in [0.5, 0.6) is 0 Å². The number of nitrogens with zero attached hydrogens (tertiary/aromatic N) is 2. The van der Waals surface area contributed by atoms with E-state index in [4.69, 9.17) is 10.7 Å². The molecule has 0 bridgehead atoms. The third kappa shape index (κ3) is 1.88. The smallest absolute Gasteiger partial charge is 0.117 e. The summed E-state index contributed by atoms with van der Waals surface area (Å²) < 4.78 is 3.47. The average molecular weight is 308 g/mol. The second kappa shape index (κ2) is 4.07. The van der Waals surface area contributed by atoms with Crippen LogP contribution >= 0.6 is 15.9 Å². The molecule has 3 rings (SSSR count). The topological polar surface area (TPSA) is 43.8 Å². The van der Waals surface area contributed by atoms with Gasteiger partial charge in [0.05, 0.1) is 11.0 Å². The Hall–Kier alpha value is -0.870. The largest absolute Gasteiger partial charge is 0.329 e. The molecule has 0 amide bonds. The molecule has 1 aromatic heterocycles. The SMILES string of the molecule is CC(C)(CN)c1nc2cc(Br)ccc2n1C1CC1. The van der Waals surface area contributed by atoms with Crippen molar-refractivity contribution >= 4 is 27.0 Å². The second-order valence-corrected chi connectivity index (χ2v) is 6.67. The molecule has 0 unspecified atom stereocenters. The Morgan fingerprint density at radius 3 is 2.78 bits per heavy atom. The van der Waals surface area contributed by atoms with E-state index in [1.54, 1.807) is 0 Å². The normalized spacial score (nSPS) is 16.4. The van der Waals surface area contributed by atoms with Gasteiger partial charge < -0.3 is 10.3 Å². The summed E-state index contributed by atoms with van der Waals surface area (Å²) in [4.78, 5) is 4.83. The molecule has 96 valence electrons. The number of fused-ring (bicyclic) bond motifs is 1. The Labute approximate surface area is 116 Å². The summed E-state index contributed by atoms with van der Waals surface area (Å²) in [5, 5.41) is 0. The molecule has 1 aromatic carbocycles. The van der Waals surface area contributed by atoms with Gasteiger partial charge in [-0.3, -0.25) is 0 Å². The summed E-state index contributed by atoms with van der Waals surface area (Å²) in [6, 6.07) is 6.95. The number of imidazole rings is 1. The van der Waals surface area contributed by atoms with Gasteiger partial charge in [-0.25, -0.2) is 4.98 Å². The number of halogens is 1. The van der Waals surface area contributed by atoms with Crippen LogP contribution in [0.3, 0.4) is 0 Å². The van der Waals surface area contributed by atoms with Gasteiger partial charge in [0.25, 0.3) is 0 Å². The predicted molar refractivity (Wildman–Crippen MR) is 77.8 cm³/mol. The van der Waals surface area contributed by atoms with Gasteiger partial charge >= 0.3 is 0 Å². The summed E-state index contributed by atoms with van der Waals surface area (Å²) in [6.45, 7) is 4.95. The molecule has 0 radical (unpaired) electrons. The fourth-order valence-electron chi connectivity index (χ4n) is 2.34. The first-order chi connectivity index (χ1) is 8.53. The lowest BCUT2D eigenvalue weighted by Crippen LogP contribution is -2.31. The zero-order chi connectivity index (χ0) is 12.9. The summed E-state index contributed by atoms with van der Waals surface area (Å²) >= 11 is 3.51. The molecule has 1 saturated carbocycles. The van der Waals surface area contributed by atoms with Gasteiger partial charge in [-0.05, 0) is 31.0 Å². The molecule has 3 nitrogen and oxygen atoms in total. The van der Waals surface area contributed by atoms with Crippen LogP contribution in [0.2, 0.25) is 0 Å². The highest BCUT2D eigenvalue weighted by Gasteiger charge is 2.33. The van der Waals surface area contributed by atoms with Crippen molar-refractivity contribution in [3.8, 4) is 0 Å². The minimum atomic E-state index is -0.0753. The molecular formula is C14H18BrN3. The highest BCUT2D eigenvalue weighted by Crippen LogP contribution is 2.41. The maximum absolute atomic E-state index is 5.92. The molecule has 0 atom stereocenters. The fraction of sp³-hybridized carbons (Fsp3) is 0.500. The molecular weight excluding hydrogens is 290 g/mol.